The number of benzene rings is 2. The van der Waals surface area contributed by atoms with Crippen molar-refractivity contribution < 1.29 is 0 Å². The lowest BCUT2D eigenvalue weighted by molar-refractivity contribution is 1.14. The molecule has 1 fully saturated rings. The van der Waals surface area contributed by atoms with E-state index >= 15 is 0 Å². The molecule has 1 aromatic heterocycles. The molecule has 1 N–H and O–H groups in total. The largest absolute Gasteiger partial charge is 0.355 e. The average Bonchev–Trinajstić information content (AvgIpc) is 3.18. The van der Waals surface area contributed by atoms with Gasteiger partial charge in [0.2, 0.25) is 0 Å². The first-order valence-corrected chi connectivity index (χ1v) is 6.58. The van der Waals surface area contributed by atoms with E-state index in [1.54, 1.807) is 0 Å². The van der Waals surface area contributed by atoms with Gasteiger partial charge in [-0.1, -0.05) is 36.4 Å². The molecule has 3 aromatic rings. The van der Waals surface area contributed by atoms with Crippen molar-refractivity contribution in [2.75, 3.05) is 0 Å². The molecule has 0 unspecified atom stereocenters. The van der Waals surface area contributed by atoms with Crippen LogP contribution in [0.5, 0.6) is 0 Å². The molecular weight excluding hydrogens is 218 g/mol. The minimum Gasteiger partial charge on any atom is -0.355 e. The monoisotopic (exact) mass is 233 g/mol. The molecule has 0 atom stereocenters. The second-order valence-corrected chi connectivity index (χ2v) is 5.17. The zero-order valence-corrected chi connectivity index (χ0v) is 10.2. The van der Waals surface area contributed by atoms with E-state index < -0.39 is 0 Å². The van der Waals surface area contributed by atoms with Crippen LogP contribution in [-0.2, 0) is 0 Å². The van der Waals surface area contributed by atoms with Crippen LogP contribution < -0.4 is 0 Å². The fourth-order valence-corrected chi connectivity index (χ4v) is 2.59. The molecule has 0 aliphatic heterocycles. The third kappa shape index (κ3) is 1.63. The molecule has 1 heteroatoms. The Bertz CT molecular complexity index is 690. The Labute approximate surface area is 106 Å². The second kappa shape index (κ2) is 3.74. The summed E-state index contributed by atoms with van der Waals surface area (Å²) in [6.45, 7) is 0. The van der Waals surface area contributed by atoms with E-state index in [0.29, 0.717) is 0 Å². The predicted molar refractivity (Wildman–Crippen MR) is 75.7 cm³/mol. The maximum absolute atomic E-state index is 3.50. The zero-order valence-electron chi connectivity index (χ0n) is 10.2. The van der Waals surface area contributed by atoms with Crippen molar-refractivity contribution in [3.8, 4) is 11.3 Å². The van der Waals surface area contributed by atoms with Crippen molar-refractivity contribution in [1.29, 1.82) is 0 Å². The minimum absolute atomic E-state index is 0.824. The fourth-order valence-electron chi connectivity index (χ4n) is 2.59. The molecule has 4 rings (SSSR count). The first-order chi connectivity index (χ1) is 8.90. The summed E-state index contributed by atoms with van der Waals surface area (Å²) in [6, 6.07) is 19.6. The SMILES string of the molecule is c1ccc(-c2cc3cc(C4CC4)ccc3[nH]2)cc1. The van der Waals surface area contributed by atoms with Gasteiger partial charge in [-0.25, -0.2) is 0 Å². The van der Waals surface area contributed by atoms with Gasteiger partial charge >= 0.3 is 0 Å². The van der Waals surface area contributed by atoms with Crippen LogP contribution >= 0.6 is 0 Å². The van der Waals surface area contributed by atoms with Crippen LogP contribution in [0.2, 0.25) is 0 Å². The van der Waals surface area contributed by atoms with Crippen molar-refractivity contribution in [2.24, 2.45) is 0 Å². The fraction of sp³-hybridized carbons (Fsp3) is 0.176. The normalized spacial score (nSPS) is 15.1. The first kappa shape index (κ1) is 9.95. The summed E-state index contributed by atoms with van der Waals surface area (Å²) in [7, 11) is 0. The predicted octanol–water partition coefficient (Wildman–Crippen LogP) is 4.71. The smallest absolute Gasteiger partial charge is 0.0464 e. The Balaban J connectivity index is 1.83. The summed E-state index contributed by atoms with van der Waals surface area (Å²) < 4.78 is 0. The van der Waals surface area contributed by atoms with E-state index in [1.165, 1.54) is 40.6 Å². The third-order valence-corrected chi connectivity index (χ3v) is 3.78. The van der Waals surface area contributed by atoms with E-state index in [4.69, 9.17) is 0 Å². The molecule has 1 nitrogen and oxygen atoms in total. The summed E-state index contributed by atoms with van der Waals surface area (Å²) in [5.41, 5.74) is 5.19. The van der Waals surface area contributed by atoms with Gasteiger partial charge in [0.1, 0.15) is 0 Å². The van der Waals surface area contributed by atoms with E-state index in [1.807, 2.05) is 0 Å². The van der Waals surface area contributed by atoms with Crippen LogP contribution in [0, 0.1) is 0 Å². The highest BCUT2D eigenvalue weighted by atomic mass is 14.7. The molecule has 88 valence electrons. The number of hydrogen-bond donors (Lipinski definition) is 1. The van der Waals surface area contributed by atoms with E-state index in [2.05, 4.69) is 59.6 Å². The van der Waals surface area contributed by atoms with Crippen molar-refractivity contribution in [3.05, 3.63) is 60.2 Å². The van der Waals surface area contributed by atoms with Crippen LogP contribution in [0.15, 0.2) is 54.6 Å². The van der Waals surface area contributed by atoms with Crippen LogP contribution in [0.4, 0.5) is 0 Å². The molecule has 1 aliphatic carbocycles. The first-order valence-electron chi connectivity index (χ1n) is 6.58. The van der Waals surface area contributed by atoms with Gasteiger partial charge in [-0.15, -0.1) is 0 Å². The Morgan fingerprint density at radius 3 is 2.50 bits per heavy atom. The summed E-state index contributed by atoms with van der Waals surface area (Å²) in [5, 5.41) is 1.33. The number of aromatic amines is 1. The Morgan fingerprint density at radius 2 is 1.72 bits per heavy atom. The number of nitrogens with one attached hydrogen (secondary N) is 1. The van der Waals surface area contributed by atoms with E-state index in [0.717, 1.165) is 5.92 Å². The lowest BCUT2D eigenvalue weighted by atomic mass is 10.1. The lowest BCUT2D eigenvalue weighted by Gasteiger charge is -1.96. The van der Waals surface area contributed by atoms with Gasteiger partial charge in [0, 0.05) is 16.6 Å². The molecule has 0 saturated heterocycles. The average molecular weight is 233 g/mol. The van der Waals surface area contributed by atoms with E-state index in [9.17, 15) is 0 Å². The zero-order chi connectivity index (χ0) is 11.9. The molecule has 1 aliphatic rings. The van der Waals surface area contributed by atoms with E-state index in [-0.39, 0.29) is 0 Å². The molecule has 2 aromatic carbocycles. The Morgan fingerprint density at radius 1 is 0.889 bits per heavy atom. The number of rotatable bonds is 2. The Hall–Kier alpha value is -2.02. The highest BCUT2D eigenvalue weighted by Gasteiger charge is 2.23. The highest BCUT2D eigenvalue weighted by molar-refractivity contribution is 5.86. The molecule has 1 heterocycles. The number of H-pyrrole nitrogens is 1. The van der Waals surface area contributed by atoms with Crippen molar-refractivity contribution in [3.63, 3.8) is 0 Å². The van der Waals surface area contributed by atoms with Crippen LogP contribution in [0.25, 0.3) is 22.2 Å². The lowest BCUT2D eigenvalue weighted by Crippen LogP contribution is -1.77. The van der Waals surface area contributed by atoms with Crippen LogP contribution in [-0.4, -0.2) is 4.98 Å². The second-order valence-electron chi connectivity index (χ2n) is 5.17. The summed E-state index contributed by atoms with van der Waals surface area (Å²) >= 11 is 0. The van der Waals surface area contributed by atoms with Gasteiger partial charge in [-0.3, -0.25) is 0 Å². The maximum Gasteiger partial charge on any atom is 0.0464 e. The quantitative estimate of drug-likeness (QED) is 0.659. The van der Waals surface area contributed by atoms with Gasteiger partial charge in [0.25, 0.3) is 0 Å². The highest BCUT2D eigenvalue weighted by Crippen LogP contribution is 2.41. The van der Waals surface area contributed by atoms with Gasteiger partial charge in [0.15, 0.2) is 0 Å². The summed E-state index contributed by atoms with van der Waals surface area (Å²) in [5.74, 6) is 0.824. The molecule has 0 amide bonds. The third-order valence-electron chi connectivity index (χ3n) is 3.78. The molecule has 0 bridgehead atoms. The molecule has 0 radical (unpaired) electrons. The molecule has 0 spiro atoms. The summed E-state index contributed by atoms with van der Waals surface area (Å²) in [6.07, 6.45) is 2.73. The number of hydrogen-bond acceptors (Lipinski definition) is 0. The van der Waals surface area contributed by atoms with Gasteiger partial charge in [-0.05, 0) is 48.1 Å². The number of fused-ring (bicyclic) bond motifs is 1. The molecule has 18 heavy (non-hydrogen) atoms. The minimum atomic E-state index is 0.824. The van der Waals surface area contributed by atoms with Gasteiger partial charge in [0.05, 0.1) is 0 Å². The molecular formula is C17H15N. The van der Waals surface area contributed by atoms with Crippen molar-refractivity contribution >= 4 is 10.9 Å². The van der Waals surface area contributed by atoms with Crippen molar-refractivity contribution in [1.82, 2.24) is 4.98 Å². The maximum atomic E-state index is 3.50. The van der Waals surface area contributed by atoms with Crippen molar-refractivity contribution in [2.45, 2.75) is 18.8 Å². The Kier molecular flexibility index (Phi) is 2.07. The van der Waals surface area contributed by atoms with Gasteiger partial charge < -0.3 is 4.98 Å². The standard InChI is InChI=1S/C17H15N/c1-2-4-13(5-3-1)17-11-15-10-14(12-6-7-12)8-9-16(15)18-17/h1-5,8-12,18H,6-7H2. The van der Waals surface area contributed by atoms with Crippen LogP contribution in [0.3, 0.4) is 0 Å². The molecule has 1 saturated carbocycles. The summed E-state index contributed by atoms with van der Waals surface area (Å²) in [4.78, 5) is 3.50. The van der Waals surface area contributed by atoms with Gasteiger partial charge in [-0.2, -0.15) is 0 Å². The number of aromatic nitrogens is 1. The van der Waals surface area contributed by atoms with Crippen LogP contribution in [0.1, 0.15) is 24.3 Å². The topological polar surface area (TPSA) is 15.8 Å².